The summed E-state index contributed by atoms with van der Waals surface area (Å²) in [5, 5.41) is 1.08. The topological polar surface area (TPSA) is 34.6 Å². The van der Waals surface area contributed by atoms with Crippen LogP contribution in [-0.4, -0.2) is 4.40 Å². The minimum Gasteiger partial charge on any atom is -0.456 e. The summed E-state index contributed by atoms with van der Waals surface area (Å²) >= 11 is 0. The van der Waals surface area contributed by atoms with Gasteiger partial charge in [0.25, 0.3) is 0 Å². The van der Waals surface area contributed by atoms with E-state index in [0.29, 0.717) is 27.5 Å². The third-order valence-corrected chi connectivity index (χ3v) is 8.74. The summed E-state index contributed by atoms with van der Waals surface area (Å²) in [6.07, 6.45) is 0. The summed E-state index contributed by atoms with van der Waals surface area (Å²) < 4.78 is 96.2. The molecule has 0 radical (unpaired) electrons. The third-order valence-electron chi connectivity index (χ3n) is 8.74. The smallest absolute Gasteiger partial charge is 0.200 e. The van der Waals surface area contributed by atoms with E-state index in [9.17, 15) is 8.91 Å². The third kappa shape index (κ3) is 3.57. The Morgan fingerprint density at radius 1 is 0.478 bits per heavy atom. The molecule has 0 saturated carbocycles. The molecular formula is C43H25NO2. The van der Waals surface area contributed by atoms with Crippen LogP contribution in [0.5, 0.6) is 0 Å². The Hall–Kier alpha value is -6.19. The van der Waals surface area contributed by atoms with E-state index in [-0.39, 0.29) is 73.3 Å². The highest BCUT2D eigenvalue weighted by molar-refractivity contribution is 6.23. The molecule has 0 spiro atoms. The van der Waals surface area contributed by atoms with Gasteiger partial charge >= 0.3 is 0 Å². The number of aromatic nitrogens is 1. The number of hydrogen-bond acceptors (Lipinski definition) is 2. The molecule has 0 saturated heterocycles. The van der Waals surface area contributed by atoms with Crippen molar-refractivity contribution < 1.29 is 18.1 Å². The van der Waals surface area contributed by atoms with Crippen LogP contribution in [0.1, 0.15) is 13.7 Å². The van der Waals surface area contributed by atoms with Crippen LogP contribution in [-0.2, 0) is 0 Å². The Kier molecular flexibility index (Phi) is 3.54. The summed E-state index contributed by atoms with van der Waals surface area (Å²) in [5.41, 5.74) is 4.83. The van der Waals surface area contributed by atoms with Gasteiger partial charge in [-0.3, -0.25) is 4.79 Å². The van der Waals surface area contributed by atoms with E-state index in [1.54, 1.807) is 36.4 Å². The van der Waals surface area contributed by atoms with Crippen LogP contribution in [0.15, 0.2) is 161 Å². The van der Waals surface area contributed by atoms with Gasteiger partial charge in [0.1, 0.15) is 11.2 Å². The molecule has 3 heteroatoms. The van der Waals surface area contributed by atoms with Gasteiger partial charge in [-0.25, -0.2) is 0 Å². The Morgan fingerprint density at radius 3 is 1.89 bits per heavy atom. The van der Waals surface area contributed by atoms with Gasteiger partial charge in [0.2, 0.25) is 5.43 Å². The fourth-order valence-corrected chi connectivity index (χ4v) is 6.58. The van der Waals surface area contributed by atoms with Crippen molar-refractivity contribution in [2.75, 3.05) is 0 Å². The van der Waals surface area contributed by atoms with Crippen molar-refractivity contribution in [2.24, 2.45) is 0 Å². The molecule has 3 heterocycles. The van der Waals surface area contributed by atoms with E-state index >= 15 is 0 Å². The largest absolute Gasteiger partial charge is 0.456 e. The molecule has 214 valence electrons. The zero-order chi connectivity index (χ0) is 39.1. The van der Waals surface area contributed by atoms with Crippen molar-refractivity contribution >= 4 is 60.0 Å². The predicted molar refractivity (Wildman–Crippen MR) is 191 cm³/mol. The Morgan fingerprint density at radius 2 is 1.11 bits per heavy atom. The molecule has 3 aromatic heterocycles. The molecule has 0 aliphatic heterocycles. The molecule has 10 rings (SSSR count). The van der Waals surface area contributed by atoms with Gasteiger partial charge in [-0.05, 0) is 81.9 Å². The Balaban J connectivity index is 1.19. The Bertz CT molecular complexity index is 3460. The van der Waals surface area contributed by atoms with Crippen LogP contribution in [0.4, 0.5) is 0 Å². The van der Waals surface area contributed by atoms with Crippen LogP contribution < -0.4 is 5.43 Å². The minimum atomic E-state index is -0.522. The summed E-state index contributed by atoms with van der Waals surface area (Å²) in [4.78, 5) is 13.4. The molecule has 3 nitrogen and oxygen atoms in total. The van der Waals surface area contributed by atoms with Gasteiger partial charge in [-0.15, -0.1) is 0 Å². The van der Waals surface area contributed by atoms with E-state index in [1.807, 2.05) is 54.6 Å². The second-order valence-corrected chi connectivity index (χ2v) is 11.3. The van der Waals surface area contributed by atoms with Crippen LogP contribution in [0.2, 0.25) is 0 Å². The number of benzene rings is 7. The first-order valence-corrected chi connectivity index (χ1v) is 14.7. The maximum absolute atomic E-state index is 13.4. The van der Waals surface area contributed by atoms with Crippen molar-refractivity contribution in [2.45, 2.75) is 0 Å². The molecule has 0 aliphatic carbocycles. The molecule has 0 fully saturated rings. The second kappa shape index (κ2) is 9.40. The highest BCUT2D eigenvalue weighted by Crippen LogP contribution is 2.40. The molecule has 0 aliphatic rings. The highest BCUT2D eigenvalue weighted by Gasteiger charge is 2.17. The van der Waals surface area contributed by atoms with Crippen LogP contribution in [0, 0.1) is 0 Å². The summed E-state index contributed by atoms with van der Waals surface area (Å²) in [6.45, 7) is 0. The first-order chi connectivity index (χ1) is 26.9. The molecule has 0 amide bonds. The van der Waals surface area contributed by atoms with Gasteiger partial charge in [-0.1, -0.05) is 103 Å². The van der Waals surface area contributed by atoms with Gasteiger partial charge < -0.3 is 8.82 Å². The standard InChI is InChI=1S/C43H25NO2/c45-43-36-13-2-4-17-40(36)46-41-21-19-30(24-37(41)43)28-10-5-8-26(22-28)27-9-6-11-29(23-27)31-18-20-33-35-15-7-14-34-32-12-1-3-16-38(32)44(42(34)35)39(33)25-31/h1-25H/i1D,3D,7D,12D,14D,15D,16D,18D,20D,25D. The summed E-state index contributed by atoms with van der Waals surface area (Å²) in [5.74, 6) is 0. The minimum absolute atomic E-state index is 0.00124. The van der Waals surface area contributed by atoms with Crippen molar-refractivity contribution in [1.29, 1.82) is 0 Å². The lowest BCUT2D eigenvalue weighted by atomic mass is 9.95. The SMILES string of the molecule is [2H]c1c([2H])c([2H])c2c(c1[2H])c1c([2H])c([2H])c([2H])c3c4c([2H])c([2H])c(-c5cccc(-c6cccc(-c7ccc8oc9ccccc9c(=O)c8c7)c6)c5)c([2H])c4n2c13. The average Bonchev–Trinajstić information content (AvgIpc) is 3.74. The van der Waals surface area contributed by atoms with Crippen LogP contribution in [0.3, 0.4) is 0 Å². The summed E-state index contributed by atoms with van der Waals surface area (Å²) in [6, 6.07) is 23.7. The maximum Gasteiger partial charge on any atom is 0.200 e. The molecular weight excluding hydrogens is 562 g/mol. The van der Waals surface area contributed by atoms with Gasteiger partial charge in [0.15, 0.2) is 0 Å². The molecule has 0 bridgehead atoms. The van der Waals surface area contributed by atoms with E-state index in [1.165, 1.54) is 4.40 Å². The fraction of sp³-hybridized carbons (Fsp3) is 0. The molecule has 0 unspecified atom stereocenters. The van der Waals surface area contributed by atoms with Gasteiger partial charge in [0.05, 0.1) is 41.0 Å². The first-order valence-electron chi connectivity index (χ1n) is 19.7. The van der Waals surface area contributed by atoms with Crippen molar-refractivity contribution in [1.82, 2.24) is 4.40 Å². The first kappa shape index (κ1) is 17.3. The van der Waals surface area contributed by atoms with Gasteiger partial charge in [-0.2, -0.15) is 0 Å². The second-order valence-electron chi connectivity index (χ2n) is 11.3. The monoisotopic (exact) mass is 597 g/mol. The molecule has 46 heavy (non-hydrogen) atoms. The van der Waals surface area contributed by atoms with Crippen molar-refractivity contribution in [3.05, 3.63) is 162 Å². The highest BCUT2D eigenvalue weighted by atomic mass is 16.3. The predicted octanol–water partition coefficient (Wildman–Crippen LogP) is 11.1. The Labute approximate surface area is 277 Å². The fourth-order valence-electron chi connectivity index (χ4n) is 6.58. The maximum atomic E-state index is 13.4. The summed E-state index contributed by atoms with van der Waals surface area (Å²) in [7, 11) is 0. The molecule has 0 N–H and O–H groups in total. The molecule has 10 aromatic rings. The molecule has 7 aromatic carbocycles. The number of rotatable bonds is 3. The van der Waals surface area contributed by atoms with E-state index in [4.69, 9.17) is 14.0 Å². The lowest BCUT2D eigenvalue weighted by Crippen LogP contribution is -2.01. The lowest BCUT2D eigenvalue weighted by molar-refractivity contribution is 0.660. The van der Waals surface area contributed by atoms with E-state index in [0.717, 1.165) is 22.3 Å². The number of nitrogens with zero attached hydrogens (tertiary/aromatic N) is 1. The van der Waals surface area contributed by atoms with E-state index in [2.05, 4.69) is 0 Å². The number of para-hydroxylation sites is 3. The normalized spacial score (nSPS) is 15.0. The van der Waals surface area contributed by atoms with Crippen molar-refractivity contribution in [3.63, 3.8) is 0 Å². The zero-order valence-electron chi connectivity index (χ0n) is 33.9. The van der Waals surface area contributed by atoms with Crippen LogP contribution >= 0.6 is 0 Å². The number of fused-ring (bicyclic) bond motifs is 8. The van der Waals surface area contributed by atoms with E-state index < -0.39 is 36.3 Å². The van der Waals surface area contributed by atoms with Crippen LogP contribution in [0.25, 0.3) is 93.4 Å². The number of hydrogen-bond donors (Lipinski definition) is 0. The quantitative estimate of drug-likeness (QED) is 0.190. The van der Waals surface area contributed by atoms with Gasteiger partial charge in [0, 0.05) is 21.5 Å². The lowest BCUT2D eigenvalue weighted by Gasteiger charge is -2.10. The molecule has 0 atom stereocenters. The average molecular weight is 598 g/mol. The zero-order valence-corrected chi connectivity index (χ0v) is 23.9. The van der Waals surface area contributed by atoms with Crippen molar-refractivity contribution in [3.8, 4) is 33.4 Å².